The van der Waals surface area contributed by atoms with E-state index in [0.29, 0.717) is 47.0 Å². The van der Waals surface area contributed by atoms with Gasteiger partial charge < -0.3 is 24.3 Å². The summed E-state index contributed by atoms with van der Waals surface area (Å²) in [6, 6.07) is 17.0. The van der Waals surface area contributed by atoms with Crippen molar-refractivity contribution in [1.82, 2.24) is 29.6 Å². The zero-order chi connectivity index (χ0) is 44.5. The molecule has 13 rings (SSSR count). The van der Waals surface area contributed by atoms with Crippen molar-refractivity contribution in [3.63, 3.8) is 0 Å². The van der Waals surface area contributed by atoms with Gasteiger partial charge in [0.25, 0.3) is 11.5 Å². The first-order valence-electron chi connectivity index (χ1n) is 25.1. The minimum Gasteiger partial charge on any atom is -0.492 e. The van der Waals surface area contributed by atoms with Crippen LogP contribution in [-0.4, -0.2) is 106 Å². The Morgan fingerprint density at radius 3 is 2.36 bits per heavy atom. The fourth-order valence-corrected chi connectivity index (χ4v) is 15.1. The van der Waals surface area contributed by atoms with Crippen LogP contribution in [0.15, 0.2) is 53.3 Å². The number of likely N-dealkylation sites (tertiary alicyclic amines) is 2. The van der Waals surface area contributed by atoms with Crippen LogP contribution in [0, 0.1) is 11.3 Å². The lowest BCUT2D eigenvalue weighted by molar-refractivity contribution is -0.136. The Bertz CT molecular complexity index is 2750. The quantitative estimate of drug-likeness (QED) is 0.207. The summed E-state index contributed by atoms with van der Waals surface area (Å²) in [4.78, 5) is 65.8. The van der Waals surface area contributed by atoms with Crippen LogP contribution < -0.4 is 20.5 Å². The molecule has 8 heterocycles. The average Bonchev–Trinajstić information content (AvgIpc) is 3.94. The molecule has 4 aromatic rings. The van der Waals surface area contributed by atoms with Gasteiger partial charge in [-0.2, -0.15) is 4.98 Å². The van der Waals surface area contributed by atoms with Crippen LogP contribution in [0.4, 0.5) is 5.69 Å². The lowest BCUT2D eigenvalue weighted by Crippen LogP contribution is -2.54. The zero-order valence-corrected chi connectivity index (χ0v) is 38.7. The molecular formula is C53H60ClN7O5. The standard InChI is InChI=1S/C53H60ClN7O5/c54-40-5-4-6-41-45(40)48(64)56-50-53(15-2-1-3-16-53)38-9-7-35(27-43(38)61(41)50)58-21-13-34(14-22-58)59-25-17-51(18-26-59)28-33(29-51)30-57-23-19-52(20-24-57)32-66-46-37-31-60(42-11-12-44(62)55-47(42)63)49(65)36(37)8-10-39(46)52/h4-10,27,33-34,42H,1-3,11-26,28-32H2,(H,55,62,63)/t42-/m0/s1. The molecule has 4 saturated heterocycles. The van der Waals surface area contributed by atoms with E-state index in [0.717, 1.165) is 93.3 Å². The van der Waals surface area contributed by atoms with Gasteiger partial charge in [0, 0.05) is 59.9 Å². The number of carbonyl (C=O) groups excluding carboxylic acids is 3. The summed E-state index contributed by atoms with van der Waals surface area (Å²) in [7, 11) is 0. The van der Waals surface area contributed by atoms with E-state index in [-0.39, 0.29) is 40.5 Å². The number of rotatable bonds is 5. The number of hydrogen-bond acceptors (Lipinski definition) is 9. The number of nitrogens with one attached hydrogen (secondary N) is 1. The highest BCUT2D eigenvalue weighted by atomic mass is 35.5. The number of piperidine rings is 4. The predicted octanol–water partition coefficient (Wildman–Crippen LogP) is 7.25. The summed E-state index contributed by atoms with van der Waals surface area (Å²) in [5.74, 6) is 1.76. The van der Waals surface area contributed by atoms with Crippen LogP contribution in [0.2, 0.25) is 5.02 Å². The second-order valence-electron chi connectivity index (χ2n) is 21.8. The minimum absolute atomic E-state index is 0.0216. The summed E-state index contributed by atoms with van der Waals surface area (Å²) < 4.78 is 8.73. The van der Waals surface area contributed by atoms with E-state index in [4.69, 9.17) is 21.3 Å². The van der Waals surface area contributed by atoms with Crippen molar-refractivity contribution in [3.8, 4) is 11.4 Å². The third kappa shape index (κ3) is 6.32. The van der Waals surface area contributed by atoms with Crippen LogP contribution in [0.25, 0.3) is 16.6 Å². The van der Waals surface area contributed by atoms with Gasteiger partial charge in [0.2, 0.25) is 11.8 Å². The molecule has 1 aromatic heterocycles. The topological polar surface area (TPSA) is 120 Å². The third-order valence-corrected chi connectivity index (χ3v) is 18.8. The molecule has 0 unspecified atom stereocenters. The monoisotopic (exact) mass is 909 g/mol. The van der Waals surface area contributed by atoms with Crippen molar-refractivity contribution < 1.29 is 19.1 Å². The van der Waals surface area contributed by atoms with Gasteiger partial charge in [0.05, 0.1) is 40.2 Å². The van der Waals surface area contributed by atoms with Gasteiger partial charge in [0.15, 0.2) is 0 Å². The van der Waals surface area contributed by atoms with E-state index in [1.165, 1.54) is 87.1 Å². The molecule has 1 N–H and O–H groups in total. The molecule has 12 nitrogen and oxygen atoms in total. The predicted molar refractivity (Wildman–Crippen MR) is 253 cm³/mol. The van der Waals surface area contributed by atoms with Gasteiger partial charge in [-0.15, -0.1) is 0 Å². The number of hydrogen-bond donors (Lipinski definition) is 1. The van der Waals surface area contributed by atoms with E-state index in [1.807, 2.05) is 18.2 Å². The third-order valence-electron chi connectivity index (χ3n) is 18.4. The smallest absolute Gasteiger partial charge is 0.282 e. The second-order valence-corrected chi connectivity index (χ2v) is 22.2. The van der Waals surface area contributed by atoms with Gasteiger partial charge >= 0.3 is 0 Å². The summed E-state index contributed by atoms with van der Waals surface area (Å²) in [5.41, 5.74) is 7.50. The molecule has 0 bridgehead atoms. The number of fused-ring (bicyclic) bond motifs is 11. The first-order valence-corrected chi connectivity index (χ1v) is 25.5. The lowest BCUT2D eigenvalue weighted by Gasteiger charge is -2.55. The normalized spacial score (nSPS) is 25.8. The highest BCUT2D eigenvalue weighted by Gasteiger charge is 2.51. The molecule has 0 radical (unpaired) electrons. The number of aromatic nitrogens is 2. The molecule has 1 atom stereocenters. The van der Waals surface area contributed by atoms with Crippen molar-refractivity contribution in [3.05, 3.63) is 92.0 Å². The number of carbonyl (C=O) groups is 3. The molecule has 13 heteroatoms. The van der Waals surface area contributed by atoms with E-state index in [1.54, 1.807) is 11.0 Å². The van der Waals surface area contributed by atoms with Crippen molar-refractivity contribution in [2.24, 2.45) is 11.3 Å². The Kier molecular flexibility index (Phi) is 9.64. The number of amides is 3. The number of ether oxygens (including phenoxy) is 1. The number of nitrogens with zero attached hydrogens (tertiary/aromatic N) is 6. The Labute approximate surface area is 391 Å². The van der Waals surface area contributed by atoms with Gasteiger partial charge in [-0.1, -0.05) is 49.1 Å². The van der Waals surface area contributed by atoms with Gasteiger partial charge in [0.1, 0.15) is 17.6 Å². The lowest BCUT2D eigenvalue weighted by atomic mass is 9.57. The fraction of sp³-hybridized carbons (Fsp3) is 0.566. The fourth-order valence-electron chi connectivity index (χ4n) is 14.8. The molecule has 7 aliphatic heterocycles. The Balaban J connectivity index is 0.604. The molecule has 3 spiro atoms. The molecule has 3 aromatic carbocycles. The van der Waals surface area contributed by atoms with Crippen molar-refractivity contribution >= 4 is 45.9 Å². The van der Waals surface area contributed by atoms with Gasteiger partial charge in [-0.25, -0.2) is 0 Å². The van der Waals surface area contributed by atoms with E-state index >= 15 is 0 Å². The summed E-state index contributed by atoms with van der Waals surface area (Å²) >= 11 is 6.64. The molecule has 2 aliphatic carbocycles. The first-order chi connectivity index (χ1) is 32.1. The number of halogens is 1. The largest absolute Gasteiger partial charge is 0.492 e. The van der Waals surface area contributed by atoms with E-state index in [9.17, 15) is 19.2 Å². The van der Waals surface area contributed by atoms with Crippen LogP contribution in [0.5, 0.6) is 5.75 Å². The number of benzene rings is 3. The number of anilines is 1. The molecule has 3 amide bonds. The van der Waals surface area contributed by atoms with Gasteiger partial charge in [-0.3, -0.25) is 29.1 Å². The maximum Gasteiger partial charge on any atom is 0.282 e. The van der Waals surface area contributed by atoms with Gasteiger partial charge in [-0.05, 0) is 144 Å². The zero-order valence-electron chi connectivity index (χ0n) is 37.9. The Morgan fingerprint density at radius 2 is 1.59 bits per heavy atom. The van der Waals surface area contributed by atoms with Crippen molar-refractivity contribution in [2.45, 2.75) is 126 Å². The highest BCUT2D eigenvalue weighted by Crippen LogP contribution is 2.55. The Morgan fingerprint density at radius 1 is 0.818 bits per heavy atom. The maximum absolute atomic E-state index is 13.5. The minimum atomic E-state index is -0.617. The van der Waals surface area contributed by atoms with E-state index in [2.05, 4.69) is 48.8 Å². The van der Waals surface area contributed by atoms with Crippen LogP contribution in [-0.2, 0) is 27.0 Å². The number of imide groups is 1. The van der Waals surface area contributed by atoms with Crippen LogP contribution in [0.1, 0.15) is 129 Å². The molecule has 9 aliphatic rings. The first kappa shape index (κ1) is 41.4. The maximum atomic E-state index is 13.5. The van der Waals surface area contributed by atoms with Crippen molar-refractivity contribution in [1.29, 1.82) is 0 Å². The summed E-state index contributed by atoms with van der Waals surface area (Å²) in [6.07, 6.45) is 16.1. The average molecular weight is 911 g/mol. The van der Waals surface area contributed by atoms with Crippen LogP contribution in [0.3, 0.4) is 0 Å². The molecule has 2 saturated carbocycles. The second kappa shape index (κ2) is 15.4. The SMILES string of the molecule is O=C1CC[C@H](N2Cc3c(ccc4c3OCC43CCN(CC4CC5(CCN(C6CCN(c7ccc8c(c7)-n7c(nc(=O)c9c(Cl)cccc97)C87CCCCC7)CC6)CC5)C4)CC3)C2=O)C(=O)N1. The highest BCUT2D eigenvalue weighted by molar-refractivity contribution is 6.35. The molecule has 6 fully saturated rings. The Hall–Kier alpha value is -4.78. The summed E-state index contributed by atoms with van der Waals surface area (Å²) in [6.45, 7) is 8.91. The van der Waals surface area contributed by atoms with Crippen molar-refractivity contribution in [2.75, 3.05) is 57.3 Å². The molecule has 344 valence electrons. The summed E-state index contributed by atoms with van der Waals surface area (Å²) in [5, 5.41) is 3.40. The molecule has 66 heavy (non-hydrogen) atoms. The van der Waals surface area contributed by atoms with E-state index < -0.39 is 6.04 Å². The molecular weight excluding hydrogens is 850 g/mol. The van der Waals surface area contributed by atoms with Crippen LogP contribution >= 0.6 is 11.6 Å².